The van der Waals surface area contributed by atoms with Crippen LogP contribution in [0.25, 0.3) is 0 Å². The van der Waals surface area contributed by atoms with Crippen LogP contribution in [0.2, 0.25) is 0 Å². The molecule has 0 amide bonds. The number of hydrogen-bond acceptors (Lipinski definition) is 8. The van der Waals surface area contributed by atoms with E-state index >= 15 is 0 Å². The van der Waals surface area contributed by atoms with Crippen molar-refractivity contribution in [1.29, 1.82) is 0 Å². The molecular formula is C74H117NO8. The second-order valence-corrected chi connectivity index (χ2v) is 21.9. The van der Waals surface area contributed by atoms with E-state index in [4.69, 9.17) is 18.9 Å². The van der Waals surface area contributed by atoms with E-state index in [0.717, 1.165) is 154 Å². The summed E-state index contributed by atoms with van der Waals surface area (Å²) in [4.78, 5) is 37.3. The van der Waals surface area contributed by atoms with Crippen LogP contribution in [0, 0.1) is 0 Å². The van der Waals surface area contributed by atoms with Gasteiger partial charge in [-0.15, -0.1) is 0 Å². The summed E-state index contributed by atoms with van der Waals surface area (Å²) >= 11 is 0. The number of rotatable bonds is 57. The normalized spacial score (nSPS) is 13.9. The lowest BCUT2D eigenvalue weighted by molar-refractivity contribution is -0.870. The first-order chi connectivity index (χ1) is 40.6. The number of aliphatic carboxylic acids is 1. The predicted molar refractivity (Wildman–Crippen MR) is 351 cm³/mol. The number of carboxylic acids is 1. The van der Waals surface area contributed by atoms with Crippen molar-refractivity contribution in [3.05, 3.63) is 170 Å². The third kappa shape index (κ3) is 64.1. The Bertz CT molecular complexity index is 1960. The molecule has 0 aliphatic heterocycles. The van der Waals surface area contributed by atoms with Crippen molar-refractivity contribution in [3.63, 3.8) is 0 Å². The van der Waals surface area contributed by atoms with E-state index in [-0.39, 0.29) is 38.6 Å². The van der Waals surface area contributed by atoms with Crippen LogP contribution in [0.15, 0.2) is 170 Å². The molecule has 0 saturated carbocycles. The van der Waals surface area contributed by atoms with Crippen LogP contribution < -0.4 is 5.11 Å². The molecule has 9 nitrogen and oxygen atoms in total. The highest BCUT2D eigenvalue weighted by atomic mass is 16.7. The minimum absolute atomic E-state index is 0.134. The lowest BCUT2D eigenvalue weighted by Gasteiger charge is -2.26. The molecule has 9 heteroatoms. The molecule has 0 aromatic carbocycles. The highest BCUT2D eigenvalue weighted by Crippen LogP contribution is 2.14. The summed E-state index contributed by atoms with van der Waals surface area (Å²) in [6.45, 7) is 4.47. The average Bonchev–Trinajstić information content (AvgIpc) is 3.46. The van der Waals surface area contributed by atoms with Crippen LogP contribution in [0.1, 0.15) is 219 Å². The first-order valence-corrected chi connectivity index (χ1v) is 32.3. The largest absolute Gasteiger partial charge is 0.545 e. The van der Waals surface area contributed by atoms with E-state index in [0.29, 0.717) is 17.4 Å². The number of hydrogen-bond donors (Lipinski definition) is 0. The third-order valence-electron chi connectivity index (χ3n) is 13.0. The summed E-state index contributed by atoms with van der Waals surface area (Å²) in [6.07, 6.45) is 91.3. The first kappa shape index (κ1) is 77.7. The van der Waals surface area contributed by atoms with Crippen molar-refractivity contribution in [3.8, 4) is 0 Å². The van der Waals surface area contributed by atoms with Gasteiger partial charge in [0.25, 0.3) is 0 Å². The van der Waals surface area contributed by atoms with Gasteiger partial charge in [0, 0.05) is 12.8 Å². The van der Waals surface area contributed by atoms with Gasteiger partial charge in [-0.1, -0.05) is 248 Å². The predicted octanol–water partition coefficient (Wildman–Crippen LogP) is 18.6. The zero-order valence-electron chi connectivity index (χ0n) is 53.0. The van der Waals surface area contributed by atoms with Gasteiger partial charge >= 0.3 is 11.9 Å². The van der Waals surface area contributed by atoms with Crippen molar-refractivity contribution in [2.45, 2.75) is 232 Å². The van der Waals surface area contributed by atoms with Crippen molar-refractivity contribution in [1.82, 2.24) is 0 Å². The Balaban J connectivity index is 4.21. The van der Waals surface area contributed by atoms with Gasteiger partial charge in [-0.2, -0.15) is 0 Å². The number of ether oxygens (including phenoxy) is 4. The molecule has 0 spiro atoms. The molecule has 2 unspecified atom stereocenters. The standard InChI is InChI=1S/C74H117NO8/c1-6-8-10-12-14-16-18-20-22-24-25-26-27-28-29-30-31-32-33-34-35-36-37-38-39-40-41-42-43-44-45-46-47-49-51-53-55-57-59-61-63-65-72(77)83-70(69-82-74(73(78)79)80-67-66-75(3,4)5)68-81-71(76)64-62-60-58-56-54-52-50-48-23-21-19-17-15-13-11-9-7-2/h8-11,14-17,20-23,25-26,28-29,31-32,34-35,37-38,40-41,43-44,46-47,70,74H,6-7,12-13,18-19,24,27,30,33,36,39,42,45,48-69H2,1-5H3/b10-8-,11-9-,16-14-,17-15-,22-20-,23-21-,26-25-,29-28-,32-31-,35-34-,38-37-,41-40-,44-43-,47-46-. The SMILES string of the molecule is CC/C=C\C/C=C\C/C=C\C/C=C\C/C=C\C/C=C\C/C=C\C/C=C\C/C=C\C/C=C\C/C=C\CCCCCCCCCC(=O)OC(COC(=O)CCCCCCCCC/C=C\C/C=C\C/C=C\CC)COC(OCC[N+](C)(C)C)C(=O)[O-]. The molecule has 0 aromatic rings. The number of carbonyl (C=O) groups excluding carboxylic acids is 3. The lowest BCUT2D eigenvalue weighted by Crippen LogP contribution is -2.44. The molecule has 2 atom stereocenters. The smallest absolute Gasteiger partial charge is 0.306 e. The molecule has 0 heterocycles. The number of carboxylic acid groups (broad SMARTS) is 1. The van der Waals surface area contributed by atoms with E-state index in [2.05, 4.69) is 184 Å². The lowest BCUT2D eigenvalue weighted by atomic mass is 10.1. The van der Waals surface area contributed by atoms with Crippen LogP contribution >= 0.6 is 0 Å². The summed E-state index contributed by atoms with van der Waals surface area (Å²) in [6, 6.07) is 0. The molecule has 466 valence electrons. The third-order valence-corrected chi connectivity index (χ3v) is 13.0. The molecule has 0 radical (unpaired) electrons. The minimum atomic E-state index is -1.64. The Labute approximate surface area is 507 Å². The van der Waals surface area contributed by atoms with Gasteiger partial charge in [-0.25, -0.2) is 0 Å². The fourth-order valence-electron chi connectivity index (χ4n) is 8.08. The van der Waals surface area contributed by atoms with Crippen LogP contribution in [-0.2, 0) is 33.3 Å². The molecule has 0 aromatic heterocycles. The fourth-order valence-corrected chi connectivity index (χ4v) is 8.08. The summed E-state index contributed by atoms with van der Waals surface area (Å²) < 4.78 is 22.7. The van der Waals surface area contributed by atoms with Gasteiger partial charge < -0.3 is 33.3 Å². The van der Waals surface area contributed by atoms with Crippen molar-refractivity contribution in [2.75, 3.05) is 47.5 Å². The molecule has 0 aliphatic rings. The number of esters is 2. The summed E-state index contributed by atoms with van der Waals surface area (Å²) in [5.74, 6) is -2.33. The average molecular weight is 1150 g/mol. The minimum Gasteiger partial charge on any atom is -0.545 e. The van der Waals surface area contributed by atoms with E-state index in [9.17, 15) is 19.5 Å². The van der Waals surface area contributed by atoms with Crippen LogP contribution in [0.4, 0.5) is 0 Å². The van der Waals surface area contributed by atoms with Crippen molar-refractivity contribution < 1.29 is 42.9 Å². The zero-order valence-corrected chi connectivity index (χ0v) is 53.0. The Kier molecular flexibility index (Phi) is 58.6. The monoisotopic (exact) mass is 1150 g/mol. The molecule has 0 bridgehead atoms. The van der Waals surface area contributed by atoms with Crippen molar-refractivity contribution in [2.24, 2.45) is 0 Å². The maximum absolute atomic E-state index is 12.9. The van der Waals surface area contributed by atoms with Gasteiger partial charge in [-0.3, -0.25) is 9.59 Å². The van der Waals surface area contributed by atoms with Gasteiger partial charge in [0.05, 0.1) is 40.3 Å². The number of carbonyl (C=O) groups is 3. The second-order valence-electron chi connectivity index (χ2n) is 21.9. The maximum atomic E-state index is 12.9. The van der Waals surface area contributed by atoms with E-state index in [1.807, 2.05) is 21.1 Å². The van der Waals surface area contributed by atoms with Gasteiger partial charge in [0.1, 0.15) is 13.2 Å². The van der Waals surface area contributed by atoms with Crippen molar-refractivity contribution >= 4 is 17.9 Å². The van der Waals surface area contributed by atoms with Gasteiger partial charge in [0.15, 0.2) is 12.4 Å². The Hall–Kier alpha value is -5.35. The Morgan fingerprint density at radius 3 is 0.964 bits per heavy atom. The molecule has 83 heavy (non-hydrogen) atoms. The molecule has 0 aliphatic carbocycles. The maximum Gasteiger partial charge on any atom is 0.306 e. The number of nitrogens with zero attached hydrogens (tertiary/aromatic N) is 1. The first-order valence-electron chi connectivity index (χ1n) is 32.3. The topological polar surface area (TPSA) is 111 Å². The highest BCUT2D eigenvalue weighted by Gasteiger charge is 2.22. The number of quaternary nitrogens is 1. The molecule has 0 fully saturated rings. The van der Waals surface area contributed by atoms with Gasteiger partial charge in [-0.05, 0) is 128 Å². The molecular weight excluding hydrogens is 1030 g/mol. The summed E-state index contributed by atoms with van der Waals surface area (Å²) in [5.41, 5.74) is 0. The Morgan fingerprint density at radius 1 is 0.361 bits per heavy atom. The molecule has 0 N–H and O–H groups in total. The second kappa shape index (κ2) is 62.7. The van der Waals surface area contributed by atoms with Crippen LogP contribution in [-0.4, -0.2) is 82.3 Å². The number of likely N-dealkylation sites (N-methyl/N-ethyl adjacent to an activating group) is 1. The van der Waals surface area contributed by atoms with E-state index < -0.39 is 24.3 Å². The Morgan fingerprint density at radius 2 is 0.651 bits per heavy atom. The van der Waals surface area contributed by atoms with Crippen LogP contribution in [0.5, 0.6) is 0 Å². The van der Waals surface area contributed by atoms with E-state index in [1.165, 1.54) is 32.1 Å². The quantitative estimate of drug-likeness (QED) is 0.0195. The zero-order chi connectivity index (χ0) is 60.5. The fraction of sp³-hybridized carbons (Fsp3) is 0.581. The highest BCUT2D eigenvalue weighted by molar-refractivity contribution is 5.70. The number of unbranched alkanes of at least 4 members (excludes halogenated alkanes) is 14. The molecule has 0 saturated heterocycles. The summed E-state index contributed by atoms with van der Waals surface area (Å²) in [5, 5.41) is 11.8. The summed E-state index contributed by atoms with van der Waals surface area (Å²) in [7, 11) is 5.90. The van der Waals surface area contributed by atoms with Crippen LogP contribution in [0.3, 0.4) is 0 Å². The molecule has 0 rings (SSSR count). The number of allylic oxidation sites excluding steroid dienone is 28. The van der Waals surface area contributed by atoms with E-state index in [1.54, 1.807) is 0 Å². The van der Waals surface area contributed by atoms with Gasteiger partial charge in [0.2, 0.25) is 0 Å².